The molecule has 0 aliphatic carbocycles. The summed E-state index contributed by atoms with van der Waals surface area (Å²) in [7, 11) is 5.89. The summed E-state index contributed by atoms with van der Waals surface area (Å²) in [5.74, 6) is 1.47. The van der Waals surface area contributed by atoms with E-state index in [4.69, 9.17) is 16.3 Å². The minimum atomic E-state index is 0. The van der Waals surface area contributed by atoms with Gasteiger partial charge in [-0.2, -0.15) is 0 Å². The van der Waals surface area contributed by atoms with Crippen LogP contribution < -0.4 is 5.32 Å². The molecule has 2 rings (SSSR count). The minimum absolute atomic E-state index is 0. The lowest BCUT2D eigenvalue weighted by molar-refractivity contribution is 0.00741. The van der Waals surface area contributed by atoms with Gasteiger partial charge in [0.2, 0.25) is 0 Å². The van der Waals surface area contributed by atoms with Gasteiger partial charge in [0, 0.05) is 58.7 Å². The van der Waals surface area contributed by atoms with Crippen LogP contribution in [0.2, 0.25) is 5.02 Å². The standard InChI is InChI=1S/C18H32ClN5O.HI/c1-14(2)17(24-6-8-25-9-7-24)11-21-18(20-3)23(5)13-16-10-15(19)12-22(16)4;/h10,12,14,17H,6-9,11,13H2,1-5H3,(H,20,21);1H. The van der Waals surface area contributed by atoms with E-state index in [1.54, 1.807) is 0 Å². The van der Waals surface area contributed by atoms with Gasteiger partial charge in [-0.25, -0.2) is 0 Å². The van der Waals surface area contributed by atoms with Gasteiger partial charge in [-0.1, -0.05) is 25.4 Å². The molecule has 0 amide bonds. The summed E-state index contributed by atoms with van der Waals surface area (Å²) in [5.41, 5.74) is 1.16. The summed E-state index contributed by atoms with van der Waals surface area (Å²) < 4.78 is 7.54. The second kappa shape index (κ2) is 11.4. The van der Waals surface area contributed by atoms with Crippen LogP contribution in [0.1, 0.15) is 19.5 Å². The van der Waals surface area contributed by atoms with Crippen molar-refractivity contribution in [3.63, 3.8) is 0 Å². The summed E-state index contributed by atoms with van der Waals surface area (Å²) in [5, 5.41) is 4.31. The molecule has 150 valence electrons. The van der Waals surface area contributed by atoms with E-state index in [0.29, 0.717) is 12.0 Å². The molecule has 1 N–H and O–H groups in total. The van der Waals surface area contributed by atoms with Crippen LogP contribution in [-0.4, -0.2) is 73.3 Å². The quantitative estimate of drug-likeness (QED) is 0.373. The molecule has 1 unspecified atom stereocenters. The SMILES string of the molecule is CN=C(NCC(C(C)C)N1CCOCC1)N(C)Cc1cc(Cl)cn1C.I. The molecule has 6 nitrogen and oxygen atoms in total. The molecule has 2 heterocycles. The normalized spacial score (nSPS) is 17.1. The zero-order chi connectivity index (χ0) is 18.4. The number of guanidine groups is 1. The van der Waals surface area contributed by atoms with Gasteiger partial charge in [0.1, 0.15) is 0 Å². The average molecular weight is 498 g/mol. The Balaban J connectivity index is 0.00000338. The van der Waals surface area contributed by atoms with Gasteiger partial charge < -0.3 is 19.5 Å². The fourth-order valence-corrected chi connectivity index (χ4v) is 3.59. The van der Waals surface area contributed by atoms with Crippen LogP contribution in [0, 0.1) is 5.92 Å². The van der Waals surface area contributed by atoms with Crippen LogP contribution in [-0.2, 0) is 18.3 Å². The molecule has 1 aromatic heterocycles. The average Bonchev–Trinajstić information content (AvgIpc) is 2.89. The largest absolute Gasteiger partial charge is 0.379 e. The van der Waals surface area contributed by atoms with Crippen LogP contribution in [0.3, 0.4) is 0 Å². The van der Waals surface area contributed by atoms with Crippen molar-refractivity contribution in [3.05, 3.63) is 23.0 Å². The number of aryl methyl sites for hydroxylation is 1. The van der Waals surface area contributed by atoms with Crippen LogP contribution in [0.25, 0.3) is 0 Å². The van der Waals surface area contributed by atoms with E-state index < -0.39 is 0 Å². The van der Waals surface area contributed by atoms with Crippen LogP contribution in [0.15, 0.2) is 17.3 Å². The van der Waals surface area contributed by atoms with E-state index in [1.807, 2.05) is 26.4 Å². The maximum atomic E-state index is 6.09. The highest BCUT2D eigenvalue weighted by atomic mass is 127. The fraction of sp³-hybridized carbons (Fsp3) is 0.722. The Labute approximate surface area is 179 Å². The first-order chi connectivity index (χ1) is 11.9. The van der Waals surface area contributed by atoms with Gasteiger partial charge >= 0.3 is 0 Å². The molecule has 1 saturated heterocycles. The highest BCUT2D eigenvalue weighted by Gasteiger charge is 2.24. The molecule has 1 aliphatic heterocycles. The van der Waals surface area contributed by atoms with Gasteiger partial charge in [0.05, 0.1) is 24.8 Å². The van der Waals surface area contributed by atoms with Crippen molar-refractivity contribution in [1.29, 1.82) is 0 Å². The zero-order valence-electron chi connectivity index (χ0n) is 16.5. The van der Waals surface area contributed by atoms with Gasteiger partial charge in [0.15, 0.2) is 5.96 Å². The number of aliphatic imine (C=N–C) groups is 1. The molecule has 1 aliphatic rings. The lowest BCUT2D eigenvalue weighted by atomic mass is 10.0. The van der Waals surface area contributed by atoms with Gasteiger partial charge in [-0.05, 0) is 12.0 Å². The van der Waals surface area contributed by atoms with E-state index in [-0.39, 0.29) is 24.0 Å². The number of ether oxygens (including phenoxy) is 1. The molecule has 0 radical (unpaired) electrons. The van der Waals surface area contributed by atoms with Crippen molar-refractivity contribution in [2.24, 2.45) is 18.0 Å². The Morgan fingerprint density at radius 1 is 1.38 bits per heavy atom. The van der Waals surface area contributed by atoms with E-state index in [1.165, 1.54) is 0 Å². The minimum Gasteiger partial charge on any atom is -0.379 e. The van der Waals surface area contributed by atoms with Gasteiger partial charge in [0.25, 0.3) is 0 Å². The third-order valence-electron chi connectivity index (χ3n) is 4.80. The number of nitrogens with one attached hydrogen (secondary N) is 1. The number of hydrogen-bond acceptors (Lipinski definition) is 3. The van der Waals surface area contributed by atoms with Crippen molar-refractivity contribution in [3.8, 4) is 0 Å². The van der Waals surface area contributed by atoms with E-state index in [2.05, 4.69) is 45.6 Å². The van der Waals surface area contributed by atoms with Crippen molar-refractivity contribution in [2.75, 3.05) is 46.9 Å². The van der Waals surface area contributed by atoms with E-state index >= 15 is 0 Å². The van der Waals surface area contributed by atoms with Gasteiger partial charge in [-0.3, -0.25) is 9.89 Å². The highest BCUT2D eigenvalue weighted by Crippen LogP contribution is 2.15. The summed E-state index contributed by atoms with van der Waals surface area (Å²) >= 11 is 6.09. The molecular formula is C18H33ClIN5O. The summed E-state index contributed by atoms with van der Waals surface area (Å²) in [6.07, 6.45) is 1.92. The summed E-state index contributed by atoms with van der Waals surface area (Å²) in [4.78, 5) is 9.09. The first-order valence-corrected chi connectivity index (χ1v) is 9.34. The molecule has 1 aromatic rings. The highest BCUT2D eigenvalue weighted by molar-refractivity contribution is 14.0. The van der Waals surface area contributed by atoms with E-state index in [0.717, 1.165) is 56.1 Å². The first-order valence-electron chi connectivity index (χ1n) is 8.96. The number of nitrogens with zero attached hydrogens (tertiary/aromatic N) is 4. The Morgan fingerprint density at radius 2 is 2.04 bits per heavy atom. The zero-order valence-corrected chi connectivity index (χ0v) is 19.6. The molecule has 0 spiro atoms. The lowest BCUT2D eigenvalue weighted by Crippen LogP contribution is -2.52. The Bertz CT molecular complexity index is 572. The van der Waals surface area contributed by atoms with E-state index in [9.17, 15) is 0 Å². The smallest absolute Gasteiger partial charge is 0.193 e. The number of morpholine rings is 1. The number of halogens is 2. The Kier molecular flexibility index (Phi) is 10.3. The summed E-state index contributed by atoms with van der Waals surface area (Å²) in [6, 6.07) is 2.47. The molecule has 8 heteroatoms. The predicted molar refractivity (Wildman–Crippen MR) is 120 cm³/mol. The molecule has 26 heavy (non-hydrogen) atoms. The van der Waals surface area contributed by atoms with Crippen molar-refractivity contribution >= 4 is 41.5 Å². The Morgan fingerprint density at radius 3 is 2.54 bits per heavy atom. The van der Waals surface area contributed by atoms with Crippen molar-refractivity contribution in [1.82, 2.24) is 19.7 Å². The number of hydrogen-bond donors (Lipinski definition) is 1. The summed E-state index contributed by atoms with van der Waals surface area (Å²) in [6.45, 7) is 9.84. The number of aromatic nitrogens is 1. The molecular weight excluding hydrogens is 465 g/mol. The first kappa shape index (κ1) is 23.5. The predicted octanol–water partition coefficient (Wildman–Crippen LogP) is 2.66. The van der Waals surface area contributed by atoms with Crippen molar-refractivity contribution < 1.29 is 4.74 Å². The van der Waals surface area contributed by atoms with Crippen LogP contribution in [0.4, 0.5) is 0 Å². The second-order valence-corrected chi connectivity index (χ2v) is 7.44. The monoisotopic (exact) mass is 497 g/mol. The number of rotatable bonds is 6. The molecule has 0 saturated carbocycles. The molecule has 1 atom stereocenters. The van der Waals surface area contributed by atoms with Crippen LogP contribution >= 0.6 is 35.6 Å². The fourth-order valence-electron chi connectivity index (χ4n) is 3.32. The second-order valence-electron chi connectivity index (χ2n) is 7.00. The Hall–Kier alpha value is -0.510. The van der Waals surface area contributed by atoms with Crippen molar-refractivity contribution in [2.45, 2.75) is 26.4 Å². The van der Waals surface area contributed by atoms with Crippen LogP contribution in [0.5, 0.6) is 0 Å². The molecule has 0 aromatic carbocycles. The lowest BCUT2D eigenvalue weighted by Gasteiger charge is -2.37. The molecule has 1 fully saturated rings. The third kappa shape index (κ3) is 6.58. The maximum Gasteiger partial charge on any atom is 0.193 e. The topological polar surface area (TPSA) is 45.0 Å². The molecule has 0 bridgehead atoms. The van der Waals surface area contributed by atoms with Gasteiger partial charge in [-0.15, -0.1) is 24.0 Å². The maximum absolute atomic E-state index is 6.09. The third-order valence-corrected chi connectivity index (χ3v) is 5.01.